The molecule has 3 nitrogen and oxygen atoms in total. The van der Waals surface area contributed by atoms with Crippen LogP contribution in [0.4, 0.5) is 5.69 Å². The molecule has 0 aliphatic carbocycles. The molecular weight excluding hydrogens is 304 g/mol. The minimum Gasteiger partial charge on any atom is -0.378 e. The van der Waals surface area contributed by atoms with Crippen LogP contribution in [0.2, 0.25) is 0 Å². The van der Waals surface area contributed by atoms with Crippen molar-refractivity contribution in [1.82, 2.24) is 0 Å². The maximum absolute atomic E-state index is 9.61. The summed E-state index contributed by atoms with van der Waals surface area (Å²) < 4.78 is 6.75. The van der Waals surface area contributed by atoms with Crippen molar-refractivity contribution in [2.45, 2.75) is 38.3 Å². The molecule has 0 saturated carbocycles. The molecule has 2 unspecified atom stereocenters. The lowest BCUT2D eigenvalue weighted by molar-refractivity contribution is -0.0272. The molecule has 2 rings (SSSR count). The maximum atomic E-state index is 9.61. The summed E-state index contributed by atoms with van der Waals surface area (Å²) in [6.45, 7) is 4.90. The Morgan fingerprint density at radius 1 is 1.47 bits per heavy atom. The zero-order valence-electron chi connectivity index (χ0n) is 11.3. The Balaban J connectivity index is 2.19. The maximum Gasteiger partial charge on any atom is 0.130 e. The van der Waals surface area contributed by atoms with Gasteiger partial charge >= 0.3 is 0 Å². The molecule has 1 saturated heterocycles. The highest BCUT2D eigenvalue weighted by atomic mass is 79.9. The monoisotopic (exact) mass is 322 g/mol. The van der Waals surface area contributed by atoms with Crippen LogP contribution in [-0.4, -0.2) is 18.2 Å². The quantitative estimate of drug-likeness (QED) is 0.916. The molecule has 2 atom stereocenters. The van der Waals surface area contributed by atoms with Crippen LogP contribution in [0.15, 0.2) is 28.7 Å². The predicted molar refractivity (Wildman–Crippen MR) is 79.9 cm³/mol. The fourth-order valence-electron chi connectivity index (χ4n) is 2.38. The Labute approximate surface area is 123 Å². The largest absolute Gasteiger partial charge is 0.378 e. The first kappa shape index (κ1) is 14.4. The van der Waals surface area contributed by atoms with Gasteiger partial charge in [-0.25, -0.2) is 0 Å². The first-order valence-electron chi connectivity index (χ1n) is 6.62. The van der Waals surface area contributed by atoms with Gasteiger partial charge in [0.05, 0.1) is 18.8 Å². The van der Waals surface area contributed by atoms with Crippen molar-refractivity contribution >= 4 is 21.6 Å². The summed E-state index contributed by atoms with van der Waals surface area (Å²) in [7, 11) is 0. The van der Waals surface area contributed by atoms with Gasteiger partial charge < -0.3 is 10.1 Å². The number of benzene rings is 1. The molecule has 1 aliphatic rings. The van der Waals surface area contributed by atoms with Crippen molar-refractivity contribution in [3.05, 3.63) is 28.7 Å². The van der Waals surface area contributed by atoms with Gasteiger partial charge in [0.1, 0.15) is 5.54 Å². The van der Waals surface area contributed by atoms with E-state index in [-0.39, 0.29) is 6.10 Å². The predicted octanol–water partition coefficient (Wildman–Crippen LogP) is 3.96. The van der Waals surface area contributed by atoms with Crippen molar-refractivity contribution < 1.29 is 4.74 Å². The molecule has 1 fully saturated rings. The van der Waals surface area contributed by atoms with Crippen LogP contribution >= 0.6 is 15.9 Å². The van der Waals surface area contributed by atoms with Crippen molar-refractivity contribution in [3.8, 4) is 6.07 Å². The zero-order chi connectivity index (χ0) is 13.9. The van der Waals surface area contributed by atoms with Crippen LogP contribution in [-0.2, 0) is 4.74 Å². The van der Waals surface area contributed by atoms with E-state index >= 15 is 0 Å². The summed E-state index contributed by atoms with van der Waals surface area (Å²) in [4.78, 5) is 0. The highest BCUT2D eigenvalue weighted by Crippen LogP contribution is 2.33. The van der Waals surface area contributed by atoms with Gasteiger partial charge in [-0.2, -0.15) is 5.26 Å². The second kappa shape index (κ2) is 5.94. The number of nitriles is 1. The highest BCUT2D eigenvalue weighted by Gasteiger charge is 2.38. The van der Waals surface area contributed by atoms with Crippen LogP contribution in [0.25, 0.3) is 0 Å². The normalized spacial score (nSPS) is 27.0. The van der Waals surface area contributed by atoms with E-state index in [1.165, 1.54) is 0 Å². The number of ether oxygens (including phenoxy) is 1. The molecular formula is C15H19BrN2O. The van der Waals surface area contributed by atoms with Gasteiger partial charge in [-0.3, -0.25) is 0 Å². The number of nitrogens with zero attached hydrogens (tertiary/aromatic N) is 1. The van der Waals surface area contributed by atoms with Crippen molar-refractivity contribution in [2.75, 3.05) is 11.9 Å². The Bertz CT molecular complexity index is 483. The Kier molecular flexibility index (Phi) is 4.49. The van der Waals surface area contributed by atoms with Gasteiger partial charge in [-0.05, 0) is 34.0 Å². The molecule has 1 heterocycles. The van der Waals surface area contributed by atoms with E-state index < -0.39 is 5.54 Å². The van der Waals surface area contributed by atoms with Gasteiger partial charge in [0.2, 0.25) is 0 Å². The summed E-state index contributed by atoms with van der Waals surface area (Å²) in [6, 6.07) is 10.4. The standard InChI is InChI=1S/C15H19BrN2O/c1-11(2)14-9-15(10-17,7-8-19-14)18-13-6-4-3-5-12(13)16/h3-6,11,14,18H,7-9H2,1-2H3. The minimum atomic E-state index is -0.531. The topological polar surface area (TPSA) is 45.0 Å². The second-order valence-corrected chi connectivity index (χ2v) is 6.26. The molecule has 102 valence electrons. The number of hydrogen-bond acceptors (Lipinski definition) is 3. The van der Waals surface area contributed by atoms with Gasteiger partial charge in [-0.1, -0.05) is 26.0 Å². The average molecular weight is 323 g/mol. The van der Waals surface area contributed by atoms with Crippen LogP contribution in [0.5, 0.6) is 0 Å². The molecule has 0 bridgehead atoms. The molecule has 4 heteroatoms. The van der Waals surface area contributed by atoms with Gasteiger partial charge in [0.15, 0.2) is 0 Å². The van der Waals surface area contributed by atoms with Gasteiger partial charge in [0, 0.05) is 23.0 Å². The lowest BCUT2D eigenvalue weighted by Gasteiger charge is -2.38. The molecule has 19 heavy (non-hydrogen) atoms. The third kappa shape index (κ3) is 3.29. The lowest BCUT2D eigenvalue weighted by Crippen LogP contribution is -2.47. The summed E-state index contributed by atoms with van der Waals surface area (Å²) in [5.41, 5.74) is 0.435. The molecule has 0 amide bonds. The second-order valence-electron chi connectivity index (χ2n) is 5.41. The van der Waals surface area contributed by atoms with E-state index in [0.29, 0.717) is 18.9 Å². The number of para-hydroxylation sites is 1. The van der Waals surface area contributed by atoms with Gasteiger partial charge in [-0.15, -0.1) is 0 Å². The summed E-state index contributed by atoms with van der Waals surface area (Å²) >= 11 is 3.52. The molecule has 1 N–H and O–H groups in total. The third-order valence-corrected chi connectivity index (χ3v) is 4.31. The average Bonchev–Trinajstić information content (AvgIpc) is 2.42. The first-order chi connectivity index (χ1) is 9.06. The Hall–Kier alpha value is -1.05. The van der Waals surface area contributed by atoms with E-state index in [1.807, 2.05) is 24.3 Å². The van der Waals surface area contributed by atoms with Crippen molar-refractivity contribution in [3.63, 3.8) is 0 Å². The van der Waals surface area contributed by atoms with E-state index in [9.17, 15) is 5.26 Å². The number of halogens is 1. The molecule has 1 aromatic carbocycles. The number of hydrogen-bond donors (Lipinski definition) is 1. The zero-order valence-corrected chi connectivity index (χ0v) is 12.9. The fourth-order valence-corrected chi connectivity index (χ4v) is 2.76. The van der Waals surface area contributed by atoms with Crippen LogP contribution in [0, 0.1) is 17.2 Å². The third-order valence-electron chi connectivity index (χ3n) is 3.62. The van der Waals surface area contributed by atoms with Crippen LogP contribution in [0.1, 0.15) is 26.7 Å². The fraction of sp³-hybridized carbons (Fsp3) is 0.533. The molecule has 0 spiro atoms. The molecule has 1 aromatic rings. The highest BCUT2D eigenvalue weighted by molar-refractivity contribution is 9.10. The molecule has 0 aromatic heterocycles. The Morgan fingerprint density at radius 2 is 2.21 bits per heavy atom. The van der Waals surface area contributed by atoms with E-state index in [1.54, 1.807) is 0 Å². The van der Waals surface area contributed by atoms with E-state index in [0.717, 1.165) is 16.6 Å². The van der Waals surface area contributed by atoms with E-state index in [2.05, 4.69) is 41.2 Å². The minimum absolute atomic E-state index is 0.142. The van der Waals surface area contributed by atoms with Crippen molar-refractivity contribution in [1.29, 1.82) is 5.26 Å². The summed E-state index contributed by atoms with van der Waals surface area (Å²) in [5, 5.41) is 13.0. The summed E-state index contributed by atoms with van der Waals surface area (Å²) in [6.07, 6.45) is 1.58. The number of nitrogens with one attached hydrogen (secondary N) is 1. The Morgan fingerprint density at radius 3 is 2.84 bits per heavy atom. The number of rotatable bonds is 3. The number of anilines is 1. The first-order valence-corrected chi connectivity index (χ1v) is 7.41. The van der Waals surface area contributed by atoms with Gasteiger partial charge in [0.25, 0.3) is 0 Å². The van der Waals surface area contributed by atoms with Crippen LogP contribution in [0.3, 0.4) is 0 Å². The summed E-state index contributed by atoms with van der Waals surface area (Å²) in [5.74, 6) is 0.425. The van der Waals surface area contributed by atoms with E-state index in [4.69, 9.17) is 4.74 Å². The molecule has 1 aliphatic heterocycles. The lowest BCUT2D eigenvalue weighted by atomic mass is 9.84. The van der Waals surface area contributed by atoms with Crippen LogP contribution < -0.4 is 5.32 Å². The SMILES string of the molecule is CC(C)C1CC(C#N)(Nc2ccccc2Br)CCO1. The molecule has 0 radical (unpaired) electrons. The smallest absolute Gasteiger partial charge is 0.130 e. The van der Waals surface area contributed by atoms with Crippen molar-refractivity contribution in [2.24, 2.45) is 5.92 Å².